The van der Waals surface area contributed by atoms with Crippen molar-refractivity contribution in [2.75, 3.05) is 0 Å². The van der Waals surface area contributed by atoms with Crippen LogP contribution < -0.4 is 5.32 Å². The number of thiophene rings is 1. The molecule has 0 radical (unpaired) electrons. The molecular weight excluding hydrogens is 384 g/mol. The maximum absolute atomic E-state index is 12.9. The molecular formula is C21H18N6OS. The summed E-state index contributed by atoms with van der Waals surface area (Å²) in [4.78, 5) is 27.0. The van der Waals surface area contributed by atoms with Gasteiger partial charge in [0.1, 0.15) is 0 Å². The monoisotopic (exact) mass is 402 g/mol. The molecule has 1 aliphatic rings. The quantitative estimate of drug-likeness (QED) is 0.533. The van der Waals surface area contributed by atoms with Crippen LogP contribution in [0.5, 0.6) is 0 Å². The number of hydrogen-bond donors (Lipinski definition) is 1. The van der Waals surface area contributed by atoms with Crippen LogP contribution in [0.15, 0.2) is 60.5 Å². The average Bonchev–Trinajstić information content (AvgIpc) is 3.28. The molecule has 0 saturated heterocycles. The van der Waals surface area contributed by atoms with E-state index in [4.69, 9.17) is 0 Å². The van der Waals surface area contributed by atoms with Gasteiger partial charge in [0, 0.05) is 31.1 Å². The highest BCUT2D eigenvalue weighted by Crippen LogP contribution is 2.42. The molecule has 0 atom stereocenters. The second kappa shape index (κ2) is 7.56. The van der Waals surface area contributed by atoms with E-state index in [1.807, 2.05) is 35.7 Å². The molecule has 7 nitrogen and oxygen atoms in total. The summed E-state index contributed by atoms with van der Waals surface area (Å²) in [5, 5.41) is 9.47. The van der Waals surface area contributed by atoms with Crippen LogP contribution in [0, 0.1) is 0 Å². The van der Waals surface area contributed by atoms with E-state index in [2.05, 4.69) is 25.4 Å². The molecule has 8 heteroatoms. The van der Waals surface area contributed by atoms with Crippen molar-refractivity contribution in [3.8, 4) is 16.5 Å². The Balaban J connectivity index is 1.44. The standard InChI is InChI=1S/C21H18N6OS/c28-20(24-12-14-5-8-22-9-6-14)16-13-25-27(19(16)15-3-4-15)21-23-10-7-17(26-21)18-2-1-11-29-18/h1-2,5-11,13,15H,3-4,12H2,(H,24,28). The van der Waals surface area contributed by atoms with Crippen LogP contribution in [0.4, 0.5) is 0 Å². The molecule has 1 aliphatic carbocycles. The molecule has 4 heterocycles. The van der Waals surface area contributed by atoms with E-state index in [0.29, 0.717) is 24.0 Å². The summed E-state index contributed by atoms with van der Waals surface area (Å²) in [5.74, 6) is 0.670. The van der Waals surface area contributed by atoms with Crippen molar-refractivity contribution in [1.29, 1.82) is 0 Å². The average molecular weight is 402 g/mol. The van der Waals surface area contributed by atoms with Gasteiger partial charge in [0.05, 0.1) is 28.0 Å². The Morgan fingerprint density at radius 2 is 2.03 bits per heavy atom. The van der Waals surface area contributed by atoms with Crippen molar-refractivity contribution in [2.45, 2.75) is 25.3 Å². The fourth-order valence-electron chi connectivity index (χ4n) is 3.23. The smallest absolute Gasteiger partial charge is 0.255 e. The lowest BCUT2D eigenvalue weighted by atomic mass is 10.1. The van der Waals surface area contributed by atoms with Gasteiger partial charge in [0.15, 0.2) is 0 Å². The van der Waals surface area contributed by atoms with Gasteiger partial charge in [0.2, 0.25) is 0 Å². The van der Waals surface area contributed by atoms with E-state index in [0.717, 1.165) is 34.7 Å². The van der Waals surface area contributed by atoms with Gasteiger partial charge in [-0.2, -0.15) is 5.10 Å². The largest absolute Gasteiger partial charge is 0.348 e. The number of nitrogens with zero attached hydrogens (tertiary/aromatic N) is 5. The third-order valence-corrected chi connectivity index (χ3v) is 5.72. The summed E-state index contributed by atoms with van der Waals surface area (Å²) in [7, 11) is 0. The Bertz CT molecular complexity index is 1140. The van der Waals surface area contributed by atoms with Crippen molar-refractivity contribution in [3.63, 3.8) is 0 Å². The highest BCUT2D eigenvalue weighted by molar-refractivity contribution is 7.13. The van der Waals surface area contributed by atoms with Gasteiger partial charge in [-0.15, -0.1) is 11.3 Å². The lowest BCUT2D eigenvalue weighted by Gasteiger charge is -2.09. The first-order chi connectivity index (χ1) is 14.3. The number of amides is 1. The first-order valence-electron chi connectivity index (χ1n) is 9.42. The van der Waals surface area contributed by atoms with Crippen LogP contribution in [0.1, 0.15) is 40.4 Å². The Labute approximate surface area is 171 Å². The van der Waals surface area contributed by atoms with Crippen molar-refractivity contribution in [3.05, 3.63) is 77.3 Å². The van der Waals surface area contributed by atoms with Crippen LogP contribution in [0.25, 0.3) is 16.5 Å². The molecule has 29 heavy (non-hydrogen) atoms. The Morgan fingerprint density at radius 1 is 1.17 bits per heavy atom. The lowest BCUT2D eigenvalue weighted by molar-refractivity contribution is 0.0950. The van der Waals surface area contributed by atoms with Crippen molar-refractivity contribution >= 4 is 17.2 Å². The number of rotatable bonds is 6. The second-order valence-electron chi connectivity index (χ2n) is 6.89. The molecule has 1 amide bonds. The van der Waals surface area contributed by atoms with E-state index >= 15 is 0 Å². The van der Waals surface area contributed by atoms with E-state index < -0.39 is 0 Å². The van der Waals surface area contributed by atoms with Gasteiger partial charge in [-0.25, -0.2) is 14.6 Å². The van der Waals surface area contributed by atoms with E-state index in [-0.39, 0.29) is 5.91 Å². The van der Waals surface area contributed by atoms with E-state index in [1.54, 1.807) is 40.8 Å². The van der Waals surface area contributed by atoms with E-state index in [1.165, 1.54) is 0 Å². The number of hydrogen-bond acceptors (Lipinski definition) is 6. The number of aromatic nitrogens is 5. The van der Waals surface area contributed by atoms with Crippen LogP contribution in [0.3, 0.4) is 0 Å². The molecule has 1 saturated carbocycles. The number of carbonyl (C=O) groups excluding carboxylic acids is 1. The highest BCUT2D eigenvalue weighted by Gasteiger charge is 2.33. The normalized spacial score (nSPS) is 13.4. The Morgan fingerprint density at radius 3 is 2.79 bits per heavy atom. The molecule has 144 valence electrons. The predicted molar refractivity (Wildman–Crippen MR) is 110 cm³/mol. The molecule has 4 aromatic heterocycles. The molecule has 4 aromatic rings. The third-order valence-electron chi connectivity index (χ3n) is 4.82. The molecule has 1 fully saturated rings. The summed E-state index contributed by atoms with van der Waals surface area (Å²) in [6.07, 6.45) is 8.87. The van der Waals surface area contributed by atoms with Crippen LogP contribution >= 0.6 is 11.3 Å². The predicted octanol–water partition coefficient (Wildman–Crippen LogP) is 3.59. The van der Waals surface area contributed by atoms with Gasteiger partial charge in [-0.05, 0) is 48.1 Å². The fourth-order valence-corrected chi connectivity index (χ4v) is 3.93. The molecule has 0 aromatic carbocycles. The third kappa shape index (κ3) is 3.66. The minimum Gasteiger partial charge on any atom is -0.348 e. The fraction of sp³-hybridized carbons (Fsp3) is 0.190. The van der Waals surface area contributed by atoms with Crippen molar-refractivity contribution in [1.82, 2.24) is 30.0 Å². The maximum atomic E-state index is 12.9. The molecule has 5 rings (SSSR count). The van der Waals surface area contributed by atoms with Gasteiger partial charge in [-0.1, -0.05) is 6.07 Å². The Hall–Kier alpha value is -3.39. The summed E-state index contributed by atoms with van der Waals surface area (Å²) in [6.45, 7) is 0.445. The zero-order valence-corrected chi connectivity index (χ0v) is 16.3. The minimum absolute atomic E-state index is 0.135. The van der Waals surface area contributed by atoms with Crippen LogP contribution in [-0.2, 0) is 6.54 Å². The molecule has 1 N–H and O–H groups in total. The van der Waals surface area contributed by atoms with Crippen LogP contribution in [0.2, 0.25) is 0 Å². The molecule has 0 bridgehead atoms. The zero-order valence-electron chi connectivity index (χ0n) is 15.5. The summed E-state index contributed by atoms with van der Waals surface area (Å²) >= 11 is 1.63. The van der Waals surface area contributed by atoms with Crippen molar-refractivity contribution in [2.24, 2.45) is 0 Å². The van der Waals surface area contributed by atoms with Gasteiger partial charge in [0.25, 0.3) is 11.9 Å². The summed E-state index contributed by atoms with van der Waals surface area (Å²) in [5.41, 5.74) is 3.33. The Kier molecular flexibility index (Phi) is 4.61. The molecule has 0 spiro atoms. The van der Waals surface area contributed by atoms with Crippen LogP contribution in [-0.4, -0.2) is 30.6 Å². The molecule has 0 aliphatic heterocycles. The first-order valence-corrected chi connectivity index (χ1v) is 10.3. The number of pyridine rings is 1. The second-order valence-corrected chi connectivity index (χ2v) is 7.83. The van der Waals surface area contributed by atoms with Gasteiger partial charge in [-0.3, -0.25) is 9.78 Å². The highest BCUT2D eigenvalue weighted by atomic mass is 32.1. The summed E-state index contributed by atoms with van der Waals surface area (Å²) in [6, 6.07) is 9.68. The minimum atomic E-state index is -0.135. The first kappa shape index (κ1) is 17.7. The zero-order chi connectivity index (χ0) is 19.6. The van der Waals surface area contributed by atoms with Gasteiger partial charge < -0.3 is 5.32 Å². The number of nitrogens with one attached hydrogen (secondary N) is 1. The lowest BCUT2D eigenvalue weighted by Crippen LogP contribution is -2.24. The SMILES string of the molecule is O=C(NCc1ccncc1)c1cnn(-c2nccc(-c3cccs3)n2)c1C1CC1. The topological polar surface area (TPSA) is 85.6 Å². The number of carbonyl (C=O) groups is 1. The van der Waals surface area contributed by atoms with E-state index in [9.17, 15) is 4.79 Å². The maximum Gasteiger partial charge on any atom is 0.255 e. The van der Waals surface area contributed by atoms with Crippen molar-refractivity contribution < 1.29 is 4.79 Å². The van der Waals surface area contributed by atoms with Gasteiger partial charge >= 0.3 is 0 Å². The summed E-state index contributed by atoms with van der Waals surface area (Å²) < 4.78 is 1.72. The molecule has 0 unspecified atom stereocenters.